The summed E-state index contributed by atoms with van der Waals surface area (Å²) in [5.41, 5.74) is 0.682. The Balaban J connectivity index is 2.13. The van der Waals surface area contributed by atoms with Crippen molar-refractivity contribution in [2.24, 2.45) is 0 Å². The number of hydrogen-bond acceptors (Lipinski definition) is 2. The zero-order valence-corrected chi connectivity index (χ0v) is 6.94. The SMILES string of the molecule is [B]c1ccnn1C1CCCCO1. The van der Waals surface area contributed by atoms with Gasteiger partial charge in [-0.25, -0.2) is 0 Å². The molecule has 62 valence electrons. The van der Waals surface area contributed by atoms with Crippen molar-refractivity contribution in [3.8, 4) is 0 Å². The predicted octanol–water partition coefficient (Wildman–Crippen LogP) is 0.376. The Bertz CT molecular complexity index is 255. The molecular weight excluding hydrogens is 151 g/mol. The van der Waals surface area contributed by atoms with Crippen LogP contribution in [0, 0.1) is 0 Å². The molecule has 0 amide bonds. The molecule has 1 saturated heterocycles. The molecule has 4 heteroatoms. The van der Waals surface area contributed by atoms with Gasteiger partial charge in [-0.2, -0.15) is 5.10 Å². The molecule has 1 fully saturated rings. The molecule has 0 spiro atoms. The summed E-state index contributed by atoms with van der Waals surface area (Å²) in [4.78, 5) is 0. The lowest BCUT2D eigenvalue weighted by molar-refractivity contribution is -0.0375. The highest BCUT2D eigenvalue weighted by Gasteiger charge is 2.16. The summed E-state index contributed by atoms with van der Waals surface area (Å²) in [6, 6.07) is 1.79. The van der Waals surface area contributed by atoms with Crippen LogP contribution in [-0.4, -0.2) is 24.2 Å². The smallest absolute Gasteiger partial charge is 0.149 e. The molecule has 3 nitrogen and oxygen atoms in total. The molecular formula is C8H11BN2O. The van der Waals surface area contributed by atoms with E-state index in [2.05, 4.69) is 5.10 Å². The molecule has 2 heterocycles. The Morgan fingerprint density at radius 3 is 3.08 bits per heavy atom. The van der Waals surface area contributed by atoms with Gasteiger partial charge in [0, 0.05) is 12.8 Å². The van der Waals surface area contributed by atoms with Crippen LogP contribution in [0.5, 0.6) is 0 Å². The van der Waals surface area contributed by atoms with E-state index >= 15 is 0 Å². The molecule has 1 aliphatic rings. The molecule has 1 aromatic rings. The molecule has 1 aliphatic heterocycles. The van der Waals surface area contributed by atoms with E-state index in [1.54, 1.807) is 16.9 Å². The van der Waals surface area contributed by atoms with E-state index in [0.717, 1.165) is 19.4 Å². The first-order valence-electron chi connectivity index (χ1n) is 4.28. The van der Waals surface area contributed by atoms with Crippen molar-refractivity contribution in [3.63, 3.8) is 0 Å². The quantitative estimate of drug-likeness (QED) is 0.558. The Labute approximate surface area is 73.1 Å². The second-order valence-corrected chi connectivity index (χ2v) is 3.02. The molecule has 12 heavy (non-hydrogen) atoms. The molecule has 0 aliphatic carbocycles. The lowest BCUT2D eigenvalue weighted by Crippen LogP contribution is -2.27. The summed E-state index contributed by atoms with van der Waals surface area (Å²) in [5, 5.41) is 4.11. The number of rotatable bonds is 1. The van der Waals surface area contributed by atoms with Crippen molar-refractivity contribution in [3.05, 3.63) is 12.3 Å². The number of aromatic nitrogens is 2. The summed E-state index contributed by atoms with van der Waals surface area (Å²) in [5.74, 6) is 0. The van der Waals surface area contributed by atoms with Crippen molar-refractivity contribution < 1.29 is 4.74 Å². The van der Waals surface area contributed by atoms with E-state index in [1.165, 1.54) is 6.42 Å². The van der Waals surface area contributed by atoms with Crippen LogP contribution in [0.3, 0.4) is 0 Å². The van der Waals surface area contributed by atoms with E-state index in [4.69, 9.17) is 12.6 Å². The van der Waals surface area contributed by atoms with Crippen molar-refractivity contribution in [1.82, 2.24) is 9.78 Å². The van der Waals surface area contributed by atoms with Crippen LogP contribution in [0.1, 0.15) is 25.5 Å². The third-order valence-corrected chi connectivity index (χ3v) is 2.13. The fraction of sp³-hybridized carbons (Fsp3) is 0.625. The number of ether oxygens (including phenoxy) is 1. The average Bonchev–Trinajstić information content (AvgIpc) is 2.53. The van der Waals surface area contributed by atoms with Gasteiger partial charge in [-0.3, -0.25) is 4.68 Å². The van der Waals surface area contributed by atoms with Gasteiger partial charge < -0.3 is 4.74 Å². The van der Waals surface area contributed by atoms with E-state index in [-0.39, 0.29) is 6.23 Å². The first kappa shape index (κ1) is 7.86. The minimum Gasteiger partial charge on any atom is -0.357 e. The molecule has 0 bridgehead atoms. The summed E-state index contributed by atoms with van der Waals surface area (Å²) < 4.78 is 7.27. The third kappa shape index (κ3) is 1.39. The molecule has 0 aromatic carbocycles. The van der Waals surface area contributed by atoms with Gasteiger partial charge in [-0.05, 0) is 30.9 Å². The molecule has 1 atom stereocenters. The van der Waals surface area contributed by atoms with Gasteiger partial charge in [-0.1, -0.05) is 0 Å². The van der Waals surface area contributed by atoms with Crippen LogP contribution < -0.4 is 5.59 Å². The maximum Gasteiger partial charge on any atom is 0.149 e. The molecule has 1 aromatic heterocycles. The molecule has 1 unspecified atom stereocenters. The van der Waals surface area contributed by atoms with Crippen LogP contribution >= 0.6 is 0 Å². The Morgan fingerprint density at radius 2 is 2.50 bits per heavy atom. The molecule has 0 saturated carbocycles. The first-order chi connectivity index (χ1) is 5.88. The van der Waals surface area contributed by atoms with Gasteiger partial charge >= 0.3 is 0 Å². The van der Waals surface area contributed by atoms with Crippen molar-refractivity contribution >= 4 is 13.4 Å². The van der Waals surface area contributed by atoms with Crippen LogP contribution in [0.4, 0.5) is 0 Å². The minimum atomic E-state index is 0.0637. The highest BCUT2D eigenvalue weighted by Crippen LogP contribution is 2.20. The maximum atomic E-state index is 5.69. The highest BCUT2D eigenvalue weighted by molar-refractivity contribution is 6.30. The Hall–Kier alpha value is -0.765. The second-order valence-electron chi connectivity index (χ2n) is 3.02. The van der Waals surface area contributed by atoms with E-state index < -0.39 is 0 Å². The number of nitrogens with zero attached hydrogens (tertiary/aromatic N) is 2. The van der Waals surface area contributed by atoms with Crippen LogP contribution in [-0.2, 0) is 4.74 Å². The minimum absolute atomic E-state index is 0.0637. The zero-order valence-electron chi connectivity index (χ0n) is 6.94. The fourth-order valence-electron chi connectivity index (χ4n) is 1.48. The van der Waals surface area contributed by atoms with E-state index in [0.29, 0.717) is 5.59 Å². The van der Waals surface area contributed by atoms with E-state index in [1.807, 2.05) is 0 Å². The predicted molar refractivity (Wildman–Crippen MR) is 46.5 cm³/mol. The summed E-state index contributed by atoms with van der Waals surface area (Å²) >= 11 is 0. The summed E-state index contributed by atoms with van der Waals surface area (Å²) in [7, 11) is 5.69. The number of hydrogen-bond donors (Lipinski definition) is 0. The average molecular weight is 162 g/mol. The van der Waals surface area contributed by atoms with E-state index in [9.17, 15) is 0 Å². The first-order valence-corrected chi connectivity index (χ1v) is 4.28. The molecule has 2 radical (unpaired) electrons. The Morgan fingerprint density at radius 1 is 1.58 bits per heavy atom. The van der Waals surface area contributed by atoms with Crippen molar-refractivity contribution in [2.45, 2.75) is 25.5 Å². The van der Waals surface area contributed by atoms with Crippen molar-refractivity contribution in [2.75, 3.05) is 6.61 Å². The maximum absolute atomic E-state index is 5.69. The summed E-state index contributed by atoms with van der Waals surface area (Å²) in [6.07, 6.45) is 5.13. The lowest BCUT2D eigenvalue weighted by Gasteiger charge is -2.24. The molecule has 2 rings (SSSR count). The zero-order chi connectivity index (χ0) is 8.39. The van der Waals surface area contributed by atoms with Gasteiger partial charge in [-0.15, -0.1) is 0 Å². The van der Waals surface area contributed by atoms with Gasteiger partial charge in [0.1, 0.15) is 14.1 Å². The topological polar surface area (TPSA) is 27.1 Å². The van der Waals surface area contributed by atoms with Crippen LogP contribution in [0.25, 0.3) is 0 Å². The van der Waals surface area contributed by atoms with Crippen LogP contribution in [0.2, 0.25) is 0 Å². The normalized spacial score (nSPS) is 24.2. The van der Waals surface area contributed by atoms with Crippen molar-refractivity contribution in [1.29, 1.82) is 0 Å². The van der Waals surface area contributed by atoms with Gasteiger partial charge in [0.25, 0.3) is 0 Å². The molecule has 0 N–H and O–H groups in total. The van der Waals surface area contributed by atoms with Gasteiger partial charge in [0.05, 0.1) is 0 Å². The fourth-order valence-corrected chi connectivity index (χ4v) is 1.48. The Kier molecular flexibility index (Phi) is 2.17. The standard InChI is InChI=1S/C8H11BN2O/c9-7-4-5-10-11(7)8-3-1-2-6-12-8/h4-5,8H,1-3,6H2. The third-order valence-electron chi connectivity index (χ3n) is 2.13. The van der Waals surface area contributed by atoms with Gasteiger partial charge in [0.15, 0.2) is 0 Å². The monoisotopic (exact) mass is 162 g/mol. The lowest BCUT2D eigenvalue weighted by atomic mass is 10.0. The van der Waals surface area contributed by atoms with Crippen LogP contribution in [0.15, 0.2) is 12.3 Å². The summed E-state index contributed by atoms with van der Waals surface area (Å²) in [6.45, 7) is 0.823. The largest absolute Gasteiger partial charge is 0.357 e. The highest BCUT2D eigenvalue weighted by atomic mass is 16.5. The van der Waals surface area contributed by atoms with Gasteiger partial charge in [0.2, 0.25) is 0 Å². The second kappa shape index (κ2) is 3.31.